The molecule has 1 heterocycles. The van der Waals surface area contributed by atoms with E-state index in [9.17, 15) is 14.4 Å². The Balaban J connectivity index is 1.87. The number of benzene rings is 2. The first-order chi connectivity index (χ1) is 19.7. The highest BCUT2D eigenvalue weighted by Crippen LogP contribution is 2.35. The molecular weight excluding hydrogens is 533 g/mol. The minimum atomic E-state index is -1.58. The topological polar surface area (TPSA) is 91.0 Å². The van der Waals surface area contributed by atoms with E-state index in [4.69, 9.17) is 20.4 Å². The van der Waals surface area contributed by atoms with Crippen LogP contribution in [-0.2, 0) is 37.5 Å². The number of anilines is 1. The van der Waals surface area contributed by atoms with Crippen molar-refractivity contribution in [2.75, 3.05) is 25.5 Å². The molecule has 4 radical (unpaired) electrons. The van der Waals surface area contributed by atoms with Gasteiger partial charge in [-0.25, -0.2) is 4.39 Å². The molecule has 1 unspecified atom stereocenters. The van der Waals surface area contributed by atoms with Gasteiger partial charge in [0.1, 0.15) is 18.1 Å². The highest BCUT2D eigenvalue weighted by molar-refractivity contribution is 6.39. The van der Waals surface area contributed by atoms with Crippen LogP contribution in [0.5, 0.6) is 0 Å². The van der Waals surface area contributed by atoms with Crippen molar-refractivity contribution in [2.45, 2.75) is 83.1 Å². The summed E-state index contributed by atoms with van der Waals surface area (Å²) in [5.74, 6) is -0.862. The van der Waals surface area contributed by atoms with E-state index in [1.165, 1.54) is 11.9 Å². The molecule has 0 aromatic heterocycles. The number of nitrogens with one attached hydrogen (secondary N) is 2. The zero-order valence-corrected chi connectivity index (χ0v) is 25.5. The molecular formula is C31H41B2FN4O4. The average Bonchev–Trinajstić information content (AvgIpc) is 2.91. The highest BCUT2D eigenvalue weighted by Gasteiger charge is 2.44. The standard InChI is InChI=1S/C31H41B2FN4O4/c1-21-10-7-13-25(23(21)17-37(20-40)26(14-9-15-39)28(41)35-6)36-16-22-11-8-12-24(27(22)34)31(32,33)38-18-29(2,3)42-30(4,5)19-38/h7-8,10-13,15,20,26,36H,9,14,16-19H2,1-6H3,(H,35,41). The molecule has 2 N–H and O–H groups in total. The summed E-state index contributed by atoms with van der Waals surface area (Å²) >= 11 is 0. The first kappa shape index (κ1) is 33.3. The molecule has 2 aromatic rings. The van der Waals surface area contributed by atoms with Crippen molar-refractivity contribution in [3.8, 4) is 0 Å². The number of aldehydes is 1. The quantitative estimate of drug-likeness (QED) is 0.283. The molecule has 0 bridgehead atoms. The number of nitrogens with zero attached hydrogens (tertiary/aromatic N) is 2. The molecule has 1 aliphatic heterocycles. The molecule has 0 saturated carbocycles. The molecule has 222 valence electrons. The van der Waals surface area contributed by atoms with Crippen LogP contribution in [-0.4, -0.2) is 81.5 Å². The molecule has 2 amide bonds. The predicted octanol–water partition coefficient (Wildman–Crippen LogP) is 3.14. The van der Waals surface area contributed by atoms with Crippen LogP contribution < -0.4 is 10.6 Å². The van der Waals surface area contributed by atoms with Crippen molar-refractivity contribution in [3.05, 3.63) is 64.5 Å². The Kier molecular flexibility index (Phi) is 10.7. The second kappa shape index (κ2) is 13.4. The van der Waals surface area contributed by atoms with Crippen LogP contribution in [0.25, 0.3) is 0 Å². The van der Waals surface area contributed by atoms with Gasteiger partial charge in [-0.3, -0.25) is 9.59 Å². The molecule has 0 aliphatic carbocycles. The lowest BCUT2D eigenvalue weighted by atomic mass is 9.56. The van der Waals surface area contributed by atoms with Gasteiger partial charge in [-0.1, -0.05) is 30.3 Å². The number of morpholine rings is 1. The summed E-state index contributed by atoms with van der Waals surface area (Å²) in [6.07, 6.45) is 1.67. The maximum atomic E-state index is 16.0. The second-order valence-corrected chi connectivity index (χ2v) is 12.2. The summed E-state index contributed by atoms with van der Waals surface area (Å²) in [4.78, 5) is 38.8. The maximum Gasteiger partial charge on any atom is 0.242 e. The molecule has 42 heavy (non-hydrogen) atoms. The van der Waals surface area contributed by atoms with Crippen LogP contribution in [0, 0.1) is 12.7 Å². The van der Waals surface area contributed by atoms with Crippen molar-refractivity contribution in [3.63, 3.8) is 0 Å². The van der Waals surface area contributed by atoms with Crippen molar-refractivity contribution >= 4 is 40.0 Å². The highest BCUT2D eigenvalue weighted by atomic mass is 19.1. The normalized spacial score (nSPS) is 17.2. The smallest absolute Gasteiger partial charge is 0.242 e. The molecule has 1 atom stereocenters. The van der Waals surface area contributed by atoms with Gasteiger partial charge >= 0.3 is 0 Å². The van der Waals surface area contributed by atoms with Crippen LogP contribution in [0.4, 0.5) is 10.1 Å². The Morgan fingerprint density at radius 2 is 1.79 bits per heavy atom. The number of aryl methyl sites for hydroxylation is 1. The first-order valence-electron chi connectivity index (χ1n) is 14.1. The third-order valence-electron chi connectivity index (χ3n) is 7.59. The third kappa shape index (κ3) is 7.81. The van der Waals surface area contributed by atoms with Gasteiger partial charge in [0, 0.05) is 50.9 Å². The van der Waals surface area contributed by atoms with E-state index in [2.05, 4.69) is 10.6 Å². The number of hydrogen-bond donors (Lipinski definition) is 2. The fourth-order valence-corrected chi connectivity index (χ4v) is 5.76. The van der Waals surface area contributed by atoms with Crippen molar-refractivity contribution in [2.24, 2.45) is 0 Å². The van der Waals surface area contributed by atoms with Crippen molar-refractivity contribution < 1.29 is 23.5 Å². The largest absolute Gasteiger partial charge is 0.381 e. The molecule has 1 aliphatic rings. The molecule has 2 aromatic carbocycles. The van der Waals surface area contributed by atoms with E-state index >= 15 is 4.39 Å². The summed E-state index contributed by atoms with van der Waals surface area (Å²) in [7, 11) is 14.8. The fraction of sp³-hybridized carbons (Fsp3) is 0.516. The SMILES string of the molecule is [B]C([B])(c1cccc(CNc2cccc(C)c2CN(C=O)C(CCC=O)C(=O)NC)c1F)N1CC(C)(C)OC(C)(C)C1. The van der Waals surface area contributed by atoms with Crippen LogP contribution in [0.2, 0.25) is 0 Å². The Hall–Kier alpha value is -3.17. The van der Waals surface area contributed by atoms with Gasteiger partial charge in [0.2, 0.25) is 12.3 Å². The van der Waals surface area contributed by atoms with E-state index in [-0.39, 0.29) is 37.4 Å². The molecule has 11 heteroatoms. The predicted molar refractivity (Wildman–Crippen MR) is 164 cm³/mol. The molecule has 3 rings (SSSR count). The number of ether oxygens (including phenoxy) is 1. The van der Waals surface area contributed by atoms with Gasteiger partial charge in [-0.2, -0.15) is 0 Å². The lowest BCUT2D eigenvalue weighted by Crippen LogP contribution is -2.63. The zero-order chi connectivity index (χ0) is 31.3. The Labute approximate surface area is 251 Å². The number of halogens is 1. The lowest BCUT2D eigenvalue weighted by molar-refractivity contribution is -0.186. The van der Waals surface area contributed by atoms with Gasteiger partial charge in [-0.05, 0) is 69.1 Å². The summed E-state index contributed by atoms with van der Waals surface area (Å²) in [6.45, 7) is 10.8. The molecule has 8 nitrogen and oxygen atoms in total. The zero-order valence-electron chi connectivity index (χ0n) is 25.5. The summed E-state index contributed by atoms with van der Waals surface area (Å²) in [5.41, 5.74) is 1.83. The van der Waals surface area contributed by atoms with Gasteiger partial charge in [0.05, 0.1) is 26.9 Å². The average molecular weight is 574 g/mol. The number of likely N-dealkylation sites (N-methyl/N-ethyl adjacent to an activating group) is 1. The van der Waals surface area contributed by atoms with E-state index in [1.807, 2.05) is 57.7 Å². The summed E-state index contributed by atoms with van der Waals surface area (Å²) in [6, 6.07) is 9.78. The van der Waals surface area contributed by atoms with Crippen LogP contribution in [0.3, 0.4) is 0 Å². The molecule has 0 spiro atoms. The van der Waals surface area contributed by atoms with Crippen molar-refractivity contribution in [1.82, 2.24) is 15.1 Å². The minimum absolute atomic E-state index is 0.120. The van der Waals surface area contributed by atoms with Gasteiger partial charge < -0.3 is 30.0 Å². The van der Waals surface area contributed by atoms with Crippen LogP contribution >= 0.6 is 0 Å². The van der Waals surface area contributed by atoms with E-state index in [0.717, 1.165) is 17.4 Å². The lowest BCUT2D eigenvalue weighted by Gasteiger charge is -2.53. The molecule has 1 fully saturated rings. The van der Waals surface area contributed by atoms with Gasteiger partial charge in [0.15, 0.2) is 0 Å². The van der Waals surface area contributed by atoms with Crippen LogP contribution in [0.1, 0.15) is 62.8 Å². The first-order valence-corrected chi connectivity index (χ1v) is 14.1. The number of carbonyl (C=O) groups excluding carboxylic acids is 3. The van der Waals surface area contributed by atoms with E-state index in [1.54, 1.807) is 18.2 Å². The monoisotopic (exact) mass is 574 g/mol. The number of amides is 2. The summed E-state index contributed by atoms with van der Waals surface area (Å²) in [5, 5.41) is 4.28. The second-order valence-electron chi connectivity index (χ2n) is 12.2. The van der Waals surface area contributed by atoms with E-state index < -0.39 is 28.4 Å². The van der Waals surface area contributed by atoms with Crippen LogP contribution in [0.15, 0.2) is 36.4 Å². The Morgan fingerprint density at radius 1 is 1.14 bits per heavy atom. The number of carbonyl (C=O) groups is 3. The fourth-order valence-electron chi connectivity index (χ4n) is 5.76. The molecule has 1 saturated heterocycles. The number of rotatable bonds is 13. The Bertz CT molecular complexity index is 1270. The maximum absolute atomic E-state index is 16.0. The van der Waals surface area contributed by atoms with Crippen molar-refractivity contribution in [1.29, 1.82) is 0 Å². The van der Waals surface area contributed by atoms with E-state index in [0.29, 0.717) is 30.8 Å². The third-order valence-corrected chi connectivity index (χ3v) is 7.59. The summed E-state index contributed by atoms with van der Waals surface area (Å²) < 4.78 is 22.2. The minimum Gasteiger partial charge on any atom is -0.381 e. The van der Waals surface area contributed by atoms with Gasteiger partial charge in [0.25, 0.3) is 0 Å². The van der Waals surface area contributed by atoms with Gasteiger partial charge in [-0.15, -0.1) is 0 Å². The number of hydrogen-bond acceptors (Lipinski definition) is 6. The Morgan fingerprint density at radius 3 is 2.38 bits per heavy atom.